The average molecular weight is 504 g/mol. The number of esters is 2. The van der Waals surface area contributed by atoms with E-state index < -0.39 is 21.4 Å². The monoisotopic (exact) mass is 503 g/mol. The molecule has 0 amide bonds. The molecule has 0 aromatic heterocycles. The summed E-state index contributed by atoms with van der Waals surface area (Å²) in [5, 5.41) is 0. The topological polar surface area (TPSA) is 114 Å². The molecule has 1 heterocycles. The predicted molar refractivity (Wildman–Crippen MR) is 132 cm³/mol. The fourth-order valence-corrected chi connectivity index (χ4v) is 7.22. The number of carbonyl (C=O) groups is 2. The number of hydrogen-bond acceptors (Lipinski definition) is 8. The lowest BCUT2D eigenvalue weighted by atomic mass is 9.94. The number of ether oxygens (including phenoxy) is 4. The van der Waals surface area contributed by atoms with Crippen LogP contribution in [0.4, 0.5) is 0 Å². The lowest BCUT2D eigenvalue weighted by molar-refractivity contribution is -0.171. The van der Waals surface area contributed by atoms with Crippen molar-refractivity contribution in [2.75, 3.05) is 11.5 Å². The van der Waals surface area contributed by atoms with Gasteiger partial charge in [0, 0.05) is 11.5 Å². The number of nitrogens with two attached hydrogens (primary N) is 1. The molecule has 0 aromatic carbocycles. The second-order valence-electron chi connectivity index (χ2n) is 11.8. The van der Waals surface area contributed by atoms with Crippen molar-refractivity contribution in [1.82, 2.24) is 0 Å². The van der Waals surface area contributed by atoms with Crippen molar-refractivity contribution in [3.8, 4) is 0 Å². The Morgan fingerprint density at radius 2 is 1.38 bits per heavy atom. The lowest BCUT2D eigenvalue weighted by Crippen LogP contribution is -2.47. The van der Waals surface area contributed by atoms with Crippen molar-refractivity contribution < 1.29 is 32.7 Å². The van der Waals surface area contributed by atoms with E-state index >= 15 is 0 Å². The van der Waals surface area contributed by atoms with Gasteiger partial charge >= 0.3 is 11.9 Å². The molecule has 34 heavy (non-hydrogen) atoms. The minimum absolute atomic E-state index is 0.0878. The maximum atomic E-state index is 13.2. The first-order valence-corrected chi connectivity index (χ1v) is 15.0. The Kier molecular flexibility index (Phi) is 8.86. The van der Waals surface area contributed by atoms with Gasteiger partial charge in [-0.25, -0.2) is 0 Å². The van der Waals surface area contributed by atoms with Gasteiger partial charge < -0.3 is 24.7 Å². The molecule has 0 radical (unpaired) electrons. The molecule has 3 aliphatic rings. The Hall–Kier alpha value is -1.03. The van der Waals surface area contributed by atoms with Gasteiger partial charge in [0.1, 0.15) is 23.2 Å². The van der Waals surface area contributed by atoms with Crippen molar-refractivity contribution in [2.24, 2.45) is 5.73 Å². The first-order valence-electron chi connectivity index (χ1n) is 12.9. The number of rotatable bonds is 9. The highest BCUT2D eigenvalue weighted by Crippen LogP contribution is 2.37. The zero-order valence-electron chi connectivity index (χ0n) is 21.5. The van der Waals surface area contributed by atoms with Gasteiger partial charge in [-0.3, -0.25) is 13.8 Å². The summed E-state index contributed by atoms with van der Waals surface area (Å²) in [6.07, 6.45) is 6.36. The van der Waals surface area contributed by atoms with Crippen LogP contribution in [0, 0.1) is 0 Å². The van der Waals surface area contributed by atoms with Crippen LogP contribution in [0.25, 0.3) is 0 Å². The van der Waals surface area contributed by atoms with Crippen LogP contribution >= 0.6 is 0 Å². The summed E-state index contributed by atoms with van der Waals surface area (Å²) in [6.45, 7) is 9.26. The minimum atomic E-state index is -2.56. The number of hydrogen-bond donors (Lipinski definition) is 2. The Morgan fingerprint density at radius 1 is 0.853 bits per heavy atom. The highest BCUT2D eigenvalue weighted by molar-refractivity contribution is 8.10. The van der Waals surface area contributed by atoms with E-state index in [1.165, 1.54) is 0 Å². The van der Waals surface area contributed by atoms with Gasteiger partial charge in [0.25, 0.3) is 0 Å². The molecule has 2 aliphatic carbocycles. The van der Waals surface area contributed by atoms with E-state index in [0.717, 1.165) is 51.4 Å². The van der Waals surface area contributed by atoms with Crippen LogP contribution in [0.5, 0.6) is 0 Å². The summed E-state index contributed by atoms with van der Waals surface area (Å²) >= 11 is 0. The molecule has 0 spiro atoms. The molecule has 1 saturated heterocycles. The molecule has 1 aliphatic heterocycles. The normalized spacial score (nSPS) is 32.5. The Bertz CT molecular complexity index is 772. The summed E-state index contributed by atoms with van der Waals surface area (Å²) in [4.78, 5) is 24.8. The van der Waals surface area contributed by atoms with E-state index in [9.17, 15) is 13.8 Å². The van der Waals surface area contributed by atoms with Crippen molar-refractivity contribution in [3.05, 3.63) is 0 Å². The third-order valence-corrected chi connectivity index (χ3v) is 9.55. The molecule has 8 nitrogen and oxygen atoms in total. The van der Waals surface area contributed by atoms with Gasteiger partial charge in [-0.2, -0.15) is 0 Å². The summed E-state index contributed by atoms with van der Waals surface area (Å²) in [5.74, 6) is -0.00356. The number of thiol groups is 1. The largest absolute Gasteiger partial charge is 0.460 e. The molecule has 0 bridgehead atoms. The van der Waals surface area contributed by atoms with E-state index in [4.69, 9.17) is 24.7 Å². The van der Waals surface area contributed by atoms with E-state index in [0.29, 0.717) is 11.5 Å². The van der Waals surface area contributed by atoms with Crippen molar-refractivity contribution in [3.63, 3.8) is 0 Å². The third-order valence-electron chi connectivity index (χ3n) is 6.74. The van der Waals surface area contributed by atoms with Crippen molar-refractivity contribution in [2.45, 2.75) is 133 Å². The molecular formula is C25H45NO7S. The molecule has 3 rings (SSSR count). The Morgan fingerprint density at radius 3 is 1.94 bits per heavy atom. The molecule has 3 fully saturated rings. The maximum absolute atomic E-state index is 13.2. The molecule has 2 saturated carbocycles. The average Bonchev–Trinajstić information content (AvgIpc) is 3.37. The molecule has 5 atom stereocenters. The van der Waals surface area contributed by atoms with E-state index in [1.807, 2.05) is 20.8 Å². The van der Waals surface area contributed by atoms with Crippen molar-refractivity contribution in [1.29, 1.82) is 0 Å². The van der Waals surface area contributed by atoms with Gasteiger partial charge in [0.2, 0.25) is 0 Å². The maximum Gasteiger partial charge on any atom is 0.325 e. The quantitative estimate of drug-likeness (QED) is 0.280. The molecule has 2 N–H and O–H groups in total. The van der Waals surface area contributed by atoms with Gasteiger partial charge in [-0.15, -0.1) is 0 Å². The van der Waals surface area contributed by atoms with Gasteiger partial charge in [0.05, 0.1) is 24.2 Å². The fourth-order valence-electron chi connectivity index (χ4n) is 4.75. The van der Waals surface area contributed by atoms with E-state index in [-0.39, 0.29) is 47.8 Å². The predicted octanol–water partition coefficient (Wildman–Crippen LogP) is 3.01. The second kappa shape index (κ2) is 10.9. The lowest BCUT2D eigenvalue weighted by Gasteiger charge is -2.35. The highest BCUT2D eigenvalue weighted by Gasteiger charge is 2.48. The molecule has 198 valence electrons. The standard InChI is InChI=1S/C25H45NO7S/c1-24(2,3)33-20-13-9-8-12-19(20)30-21(27)14-15-34(29)16-22(34)31-17-10-6-7-11-18(17)32-23(28)25(4,5)26/h17-20,22,34H,6-16,26H2,1-5H3. The van der Waals surface area contributed by atoms with Crippen LogP contribution in [0.3, 0.4) is 0 Å². The first-order chi connectivity index (χ1) is 15.8. The molecule has 0 aromatic rings. The van der Waals surface area contributed by atoms with Crippen LogP contribution in [0.15, 0.2) is 0 Å². The van der Waals surface area contributed by atoms with Crippen LogP contribution in [0.1, 0.15) is 92.4 Å². The molecular weight excluding hydrogens is 458 g/mol. The van der Waals surface area contributed by atoms with Gasteiger partial charge in [-0.05, 0) is 73.1 Å². The Labute approximate surface area is 205 Å². The summed E-state index contributed by atoms with van der Waals surface area (Å²) in [6, 6.07) is 0. The van der Waals surface area contributed by atoms with E-state index in [1.54, 1.807) is 13.8 Å². The van der Waals surface area contributed by atoms with Crippen LogP contribution in [0.2, 0.25) is 0 Å². The SMILES string of the molecule is CC(C)(C)OC1CCCCC1OC(=O)CC[SH]1(=O)CC1OC1CCCCC1OC(=O)C(C)(C)N. The summed E-state index contributed by atoms with van der Waals surface area (Å²) < 4.78 is 36.8. The van der Waals surface area contributed by atoms with Crippen molar-refractivity contribution >= 4 is 21.9 Å². The Balaban J connectivity index is 1.46. The first kappa shape index (κ1) is 27.6. The summed E-state index contributed by atoms with van der Waals surface area (Å²) in [5.41, 5.74) is 4.15. The highest BCUT2D eigenvalue weighted by atomic mass is 32.3. The van der Waals surface area contributed by atoms with Crippen LogP contribution in [-0.4, -0.2) is 68.6 Å². The molecule has 9 heteroatoms. The third kappa shape index (κ3) is 8.00. The smallest absolute Gasteiger partial charge is 0.325 e. The zero-order chi connectivity index (χ0) is 25.1. The van der Waals surface area contributed by atoms with Crippen LogP contribution < -0.4 is 5.73 Å². The van der Waals surface area contributed by atoms with E-state index in [2.05, 4.69) is 0 Å². The number of carbonyl (C=O) groups excluding carboxylic acids is 2. The zero-order valence-corrected chi connectivity index (χ0v) is 22.4. The van der Waals surface area contributed by atoms with Crippen LogP contribution in [-0.2, 0) is 38.5 Å². The summed E-state index contributed by atoms with van der Waals surface area (Å²) in [7, 11) is -2.56. The second-order valence-corrected chi connectivity index (χ2v) is 15.1. The van der Waals surface area contributed by atoms with Gasteiger partial charge in [-0.1, -0.05) is 22.8 Å². The molecule has 5 unspecified atom stereocenters. The van der Waals surface area contributed by atoms with Gasteiger partial charge in [0.15, 0.2) is 0 Å². The fraction of sp³-hybridized carbons (Fsp3) is 0.920. The minimum Gasteiger partial charge on any atom is -0.460 e.